The minimum Gasteiger partial charge on any atom is -0.349 e. The smallest absolute Gasteiger partial charge is 0.242 e. The van der Waals surface area contributed by atoms with Gasteiger partial charge < -0.3 is 9.88 Å². The predicted octanol–water partition coefficient (Wildman–Crippen LogP) is 2.33. The zero-order valence-electron chi connectivity index (χ0n) is 13.9. The minimum atomic E-state index is -3.42. The van der Waals surface area contributed by atoms with Gasteiger partial charge in [-0.1, -0.05) is 27.7 Å². The molecule has 0 unspecified atom stereocenters. The van der Waals surface area contributed by atoms with Crippen LogP contribution in [0.5, 0.6) is 0 Å². The van der Waals surface area contributed by atoms with Gasteiger partial charge in [0.05, 0.1) is 4.90 Å². The number of sulfonamides is 1. The number of hydrogen-bond acceptors (Lipinski definition) is 3. The maximum absolute atomic E-state index is 12.3. The second-order valence-electron chi connectivity index (χ2n) is 6.60. The van der Waals surface area contributed by atoms with Crippen LogP contribution in [0.3, 0.4) is 0 Å². The highest BCUT2D eigenvalue weighted by Crippen LogP contribution is 2.19. The Balaban J connectivity index is 2.85. The lowest BCUT2D eigenvalue weighted by molar-refractivity contribution is 0.378. The number of nitrogens with zero attached hydrogens (tertiary/aromatic N) is 1. The summed E-state index contributed by atoms with van der Waals surface area (Å²) in [6.07, 6.45) is 3.52. The third kappa shape index (κ3) is 5.80. The Morgan fingerprint density at radius 3 is 2.48 bits per heavy atom. The lowest BCUT2D eigenvalue weighted by Crippen LogP contribution is -2.27. The highest BCUT2D eigenvalue weighted by molar-refractivity contribution is 7.89. The van der Waals surface area contributed by atoms with Gasteiger partial charge in [-0.15, -0.1) is 0 Å². The van der Waals surface area contributed by atoms with Crippen molar-refractivity contribution >= 4 is 10.0 Å². The summed E-state index contributed by atoms with van der Waals surface area (Å²) >= 11 is 0. The van der Waals surface area contributed by atoms with Crippen LogP contribution in [-0.4, -0.2) is 26.6 Å². The van der Waals surface area contributed by atoms with Crippen LogP contribution in [0.25, 0.3) is 0 Å². The van der Waals surface area contributed by atoms with Crippen molar-refractivity contribution in [3.05, 3.63) is 18.0 Å². The fourth-order valence-electron chi connectivity index (χ4n) is 2.09. The highest BCUT2D eigenvalue weighted by Gasteiger charge is 2.19. The number of nitrogens with one attached hydrogen (secondary N) is 2. The molecule has 5 nitrogen and oxygen atoms in total. The summed E-state index contributed by atoms with van der Waals surface area (Å²) in [7, 11) is -1.56. The number of aryl methyl sites for hydroxylation is 1. The van der Waals surface area contributed by atoms with Gasteiger partial charge >= 0.3 is 0 Å². The maximum Gasteiger partial charge on any atom is 0.242 e. The van der Waals surface area contributed by atoms with Crippen molar-refractivity contribution in [2.75, 3.05) is 13.6 Å². The minimum absolute atomic E-state index is 0.119. The number of aromatic nitrogens is 1. The summed E-state index contributed by atoms with van der Waals surface area (Å²) in [5.74, 6) is 0. The van der Waals surface area contributed by atoms with E-state index in [1.54, 1.807) is 12.3 Å². The topological polar surface area (TPSA) is 63.1 Å². The van der Waals surface area contributed by atoms with Gasteiger partial charge in [-0.25, -0.2) is 13.1 Å². The molecule has 0 radical (unpaired) electrons. The Hall–Kier alpha value is -0.850. The SMILES string of the molecule is CCCn1cc(S(=O)(=O)NCCC(C)(C)C)cc1CNC. The summed E-state index contributed by atoms with van der Waals surface area (Å²) in [4.78, 5) is 0.357. The first kappa shape index (κ1) is 18.2. The third-order valence-corrected chi connectivity index (χ3v) is 4.69. The first-order chi connectivity index (χ1) is 9.69. The largest absolute Gasteiger partial charge is 0.349 e. The summed E-state index contributed by atoms with van der Waals surface area (Å²) in [5, 5.41) is 3.07. The average molecular weight is 315 g/mol. The van der Waals surface area contributed by atoms with E-state index in [9.17, 15) is 8.42 Å². The Labute approximate surface area is 129 Å². The van der Waals surface area contributed by atoms with E-state index in [2.05, 4.69) is 37.7 Å². The van der Waals surface area contributed by atoms with Gasteiger partial charge in [0.1, 0.15) is 0 Å². The molecular weight excluding hydrogens is 286 g/mol. The van der Waals surface area contributed by atoms with E-state index < -0.39 is 10.0 Å². The molecule has 6 heteroatoms. The first-order valence-corrected chi connectivity index (χ1v) is 9.01. The third-order valence-electron chi connectivity index (χ3n) is 3.26. The van der Waals surface area contributed by atoms with Crippen molar-refractivity contribution in [2.24, 2.45) is 5.41 Å². The fraction of sp³-hybridized carbons (Fsp3) is 0.733. The molecule has 2 N–H and O–H groups in total. The molecule has 0 aromatic carbocycles. The predicted molar refractivity (Wildman–Crippen MR) is 86.7 cm³/mol. The van der Waals surface area contributed by atoms with Gasteiger partial charge in [0.15, 0.2) is 0 Å². The Morgan fingerprint density at radius 2 is 1.95 bits per heavy atom. The molecule has 1 rings (SSSR count). The van der Waals surface area contributed by atoms with E-state index in [-0.39, 0.29) is 5.41 Å². The van der Waals surface area contributed by atoms with E-state index in [1.165, 1.54) is 0 Å². The van der Waals surface area contributed by atoms with Crippen LogP contribution in [0.1, 0.15) is 46.2 Å². The fourth-order valence-corrected chi connectivity index (χ4v) is 3.19. The van der Waals surface area contributed by atoms with E-state index in [0.29, 0.717) is 18.0 Å². The quantitative estimate of drug-likeness (QED) is 0.774. The molecule has 1 aromatic heterocycles. The molecule has 122 valence electrons. The molecule has 0 aliphatic carbocycles. The number of hydrogen-bond donors (Lipinski definition) is 2. The second kappa shape index (κ2) is 7.42. The van der Waals surface area contributed by atoms with Crippen molar-refractivity contribution in [1.29, 1.82) is 0 Å². The van der Waals surface area contributed by atoms with Crippen LogP contribution in [0.15, 0.2) is 17.2 Å². The van der Waals surface area contributed by atoms with E-state index in [1.807, 2.05) is 11.6 Å². The van der Waals surface area contributed by atoms with Crippen molar-refractivity contribution in [2.45, 2.75) is 58.5 Å². The summed E-state index contributed by atoms with van der Waals surface area (Å²) in [6.45, 7) is 10.3. The standard InChI is InChI=1S/C15H29N3O2S/c1-6-9-18-12-14(10-13(18)11-16-5)21(19,20)17-8-7-15(2,3)4/h10,12,16-17H,6-9,11H2,1-5H3. The van der Waals surface area contributed by atoms with Gasteiger partial charge in [0, 0.05) is 31.5 Å². The van der Waals surface area contributed by atoms with Crippen LogP contribution in [0.4, 0.5) is 0 Å². The maximum atomic E-state index is 12.3. The van der Waals surface area contributed by atoms with Crippen molar-refractivity contribution < 1.29 is 8.42 Å². The van der Waals surface area contributed by atoms with Crippen LogP contribution < -0.4 is 10.0 Å². The molecule has 1 aromatic rings. The second-order valence-corrected chi connectivity index (χ2v) is 8.37. The van der Waals surface area contributed by atoms with Crippen LogP contribution in [0.2, 0.25) is 0 Å². The molecule has 21 heavy (non-hydrogen) atoms. The molecule has 0 saturated heterocycles. The molecule has 0 amide bonds. The Morgan fingerprint density at radius 1 is 1.29 bits per heavy atom. The van der Waals surface area contributed by atoms with Crippen molar-refractivity contribution in [3.63, 3.8) is 0 Å². The van der Waals surface area contributed by atoms with E-state index in [4.69, 9.17) is 0 Å². The highest BCUT2D eigenvalue weighted by atomic mass is 32.2. The normalized spacial score (nSPS) is 12.8. The first-order valence-electron chi connectivity index (χ1n) is 7.53. The Kier molecular flexibility index (Phi) is 6.43. The molecule has 0 aliphatic rings. The molecular formula is C15H29N3O2S. The lowest BCUT2D eigenvalue weighted by Gasteiger charge is -2.17. The molecule has 1 heterocycles. The zero-order valence-corrected chi connectivity index (χ0v) is 14.7. The summed E-state index contributed by atoms with van der Waals surface area (Å²) in [6, 6.07) is 1.76. The van der Waals surface area contributed by atoms with E-state index in [0.717, 1.165) is 25.1 Å². The van der Waals surface area contributed by atoms with Crippen molar-refractivity contribution in [3.8, 4) is 0 Å². The van der Waals surface area contributed by atoms with Crippen LogP contribution in [0, 0.1) is 5.41 Å². The van der Waals surface area contributed by atoms with Gasteiger partial charge in [-0.3, -0.25) is 0 Å². The van der Waals surface area contributed by atoms with Crippen molar-refractivity contribution in [1.82, 2.24) is 14.6 Å². The monoisotopic (exact) mass is 315 g/mol. The van der Waals surface area contributed by atoms with Crippen LogP contribution in [-0.2, 0) is 23.1 Å². The molecule has 0 atom stereocenters. The summed E-state index contributed by atoms with van der Waals surface area (Å²) < 4.78 is 29.4. The number of rotatable bonds is 8. The lowest BCUT2D eigenvalue weighted by atomic mass is 9.93. The summed E-state index contributed by atoms with van der Waals surface area (Å²) in [5.41, 5.74) is 1.11. The van der Waals surface area contributed by atoms with Gasteiger partial charge in [-0.2, -0.15) is 0 Å². The van der Waals surface area contributed by atoms with E-state index >= 15 is 0 Å². The van der Waals surface area contributed by atoms with Gasteiger partial charge in [0.25, 0.3) is 0 Å². The molecule has 0 spiro atoms. The molecule has 0 aliphatic heterocycles. The molecule has 0 fully saturated rings. The molecule has 0 bridgehead atoms. The Bertz CT molecular complexity index is 518. The molecule has 0 saturated carbocycles. The van der Waals surface area contributed by atoms with Gasteiger partial charge in [-0.05, 0) is 31.4 Å². The zero-order chi connectivity index (χ0) is 16.1. The van der Waals surface area contributed by atoms with Gasteiger partial charge in [0.2, 0.25) is 10.0 Å². The average Bonchev–Trinajstić information content (AvgIpc) is 2.72. The van der Waals surface area contributed by atoms with Crippen LogP contribution >= 0.6 is 0 Å².